The molecule has 0 aliphatic carbocycles. The van der Waals surface area contributed by atoms with Crippen LogP contribution >= 0.6 is 0 Å². The topological polar surface area (TPSA) is 59.9 Å². The molecule has 5 nitrogen and oxygen atoms in total. The van der Waals surface area contributed by atoms with Gasteiger partial charge >= 0.3 is 0 Å². The van der Waals surface area contributed by atoms with E-state index in [1.807, 2.05) is 24.3 Å². The molecule has 1 atom stereocenters. The van der Waals surface area contributed by atoms with Crippen molar-refractivity contribution in [3.05, 3.63) is 40.9 Å². The van der Waals surface area contributed by atoms with Crippen molar-refractivity contribution in [1.82, 2.24) is 14.5 Å². The van der Waals surface area contributed by atoms with E-state index >= 15 is 0 Å². The first-order valence-electron chi connectivity index (χ1n) is 7.40. The minimum absolute atomic E-state index is 0.0236. The molecule has 0 radical (unpaired) electrons. The van der Waals surface area contributed by atoms with Crippen molar-refractivity contribution in [2.75, 3.05) is 6.61 Å². The molecule has 1 aromatic carbocycles. The van der Waals surface area contributed by atoms with Gasteiger partial charge in [-0.3, -0.25) is 9.36 Å². The Hall–Kier alpha value is -2.14. The maximum atomic E-state index is 12.7. The highest BCUT2D eigenvalue weighted by Gasteiger charge is 2.16. The van der Waals surface area contributed by atoms with Gasteiger partial charge in [-0.1, -0.05) is 18.2 Å². The molecule has 1 saturated heterocycles. The molecule has 5 heteroatoms. The molecule has 3 heterocycles. The molecule has 1 aliphatic heterocycles. The van der Waals surface area contributed by atoms with Gasteiger partial charge in [0.1, 0.15) is 5.65 Å². The fraction of sp³-hybridized carbons (Fsp3) is 0.375. The molecule has 1 fully saturated rings. The highest BCUT2D eigenvalue weighted by Crippen LogP contribution is 2.21. The predicted octanol–water partition coefficient (Wildman–Crippen LogP) is 2.45. The molecule has 0 amide bonds. The number of aromatic amines is 1. The molecule has 1 aliphatic rings. The summed E-state index contributed by atoms with van der Waals surface area (Å²) in [4.78, 5) is 20.3. The number of fused-ring (bicyclic) bond motifs is 3. The zero-order chi connectivity index (χ0) is 14.2. The van der Waals surface area contributed by atoms with Gasteiger partial charge in [-0.15, -0.1) is 0 Å². The summed E-state index contributed by atoms with van der Waals surface area (Å²) >= 11 is 0. The zero-order valence-electron chi connectivity index (χ0n) is 11.7. The normalized spacial score (nSPS) is 18.8. The molecule has 0 bridgehead atoms. The molecule has 4 rings (SSSR count). The third-order valence-corrected chi connectivity index (χ3v) is 4.20. The Morgan fingerprint density at radius 1 is 1.38 bits per heavy atom. The average Bonchev–Trinajstić information content (AvgIpc) is 3.13. The number of hydrogen-bond acceptors (Lipinski definition) is 3. The Morgan fingerprint density at radius 2 is 2.29 bits per heavy atom. The van der Waals surface area contributed by atoms with Gasteiger partial charge in [0.25, 0.3) is 5.56 Å². The quantitative estimate of drug-likeness (QED) is 0.803. The van der Waals surface area contributed by atoms with Crippen molar-refractivity contribution >= 4 is 21.9 Å². The van der Waals surface area contributed by atoms with Crippen LogP contribution in [0.5, 0.6) is 0 Å². The lowest BCUT2D eigenvalue weighted by Crippen LogP contribution is -2.22. The summed E-state index contributed by atoms with van der Waals surface area (Å²) in [5.41, 5.74) is 1.64. The van der Waals surface area contributed by atoms with Crippen molar-refractivity contribution in [2.45, 2.75) is 31.9 Å². The molecule has 0 unspecified atom stereocenters. The standard InChI is InChI=1S/C16H17N3O2/c20-16-14-12-5-1-2-6-13(12)18-15(14)17-10-19(16)8-7-11-4-3-9-21-11/h1-2,5-6,10-11,18H,3-4,7-9H2/t11-/m0/s1. The molecule has 0 saturated carbocycles. The molecular weight excluding hydrogens is 266 g/mol. The number of hydrogen-bond donors (Lipinski definition) is 1. The van der Waals surface area contributed by atoms with Crippen LogP contribution in [0.1, 0.15) is 19.3 Å². The van der Waals surface area contributed by atoms with Crippen LogP contribution < -0.4 is 5.56 Å². The van der Waals surface area contributed by atoms with Crippen molar-refractivity contribution in [1.29, 1.82) is 0 Å². The third kappa shape index (κ3) is 2.14. The number of aryl methyl sites for hydroxylation is 1. The highest BCUT2D eigenvalue weighted by molar-refractivity contribution is 6.05. The summed E-state index contributed by atoms with van der Waals surface area (Å²) in [6.07, 6.45) is 5.01. The summed E-state index contributed by atoms with van der Waals surface area (Å²) in [6, 6.07) is 7.82. The van der Waals surface area contributed by atoms with Crippen LogP contribution in [0.3, 0.4) is 0 Å². The lowest BCUT2D eigenvalue weighted by atomic mass is 10.2. The summed E-state index contributed by atoms with van der Waals surface area (Å²) < 4.78 is 7.31. The van der Waals surface area contributed by atoms with Crippen molar-refractivity contribution in [3.63, 3.8) is 0 Å². The van der Waals surface area contributed by atoms with Gasteiger partial charge in [-0.25, -0.2) is 4.98 Å². The first-order valence-corrected chi connectivity index (χ1v) is 7.40. The highest BCUT2D eigenvalue weighted by atomic mass is 16.5. The van der Waals surface area contributed by atoms with E-state index in [1.165, 1.54) is 0 Å². The van der Waals surface area contributed by atoms with Crippen LogP contribution in [0, 0.1) is 0 Å². The van der Waals surface area contributed by atoms with Crippen molar-refractivity contribution in [2.24, 2.45) is 0 Å². The fourth-order valence-corrected chi connectivity index (χ4v) is 3.08. The second kappa shape index (κ2) is 5.00. The Labute approximate surface area is 121 Å². The number of rotatable bonds is 3. The van der Waals surface area contributed by atoms with Crippen LogP contribution in [0.2, 0.25) is 0 Å². The predicted molar refractivity (Wildman–Crippen MR) is 81.5 cm³/mol. The molecule has 2 aromatic heterocycles. The Bertz CT molecular complexity index is 843. The minimum atomic E-state index is 0.0236. The van der Waals surface area contributed by atoms with Crippen LogP contribution in [0.15, 0.2) is 35.4 Å². The van der Waals surface area contributed by atoms with E-state index < -0.39 is 0 Å². The van der Waals surface area contributed by atoms with Crippen molar-refractivity contribution in [3.8, 4) is 0 Å². The largest absolute Gasteiger partial charge is 0.378 e. The van der Waals surface area contributed by atoms with E-state index in [0.717, 1.165) is 36.8 Å². The molecule has 0 spiro atoms. The molecule has 21 heavy (non-hydrogen) atoms. The van der Waals surface area contributed by atoms with Crippen molar-refractivity contribution < 1.29 is 4.74 Å². The van der Waals surface area contributed by atoms with Crippen LogP contribution in [0.25, 0.3) is 21.9 Å². The smallest absolute Gasteiger partial charge is 0.263 e. The minimum Gasteiger partial charge on any atom is -0.378 e. The second-order valence-corrected chi connectivity index (χ2v) is 5.56. The summed E-state index contributed by atoms with van der Waals surface area (Å²) in [5.74, 6) is 0. The van der Waals surface area contributed by atoms with Gasteiger partial charge in [0.2, 0.25) is 0 Å². The van der Waals surface area contributed by atoms with Crippen LogP contribution in [-0.4, -0.2) is 27.2 Å². The van der Waals surface area contributed by atoms with E-state index in [4.69, 9.17) is 4.74 Å². The van der Waals surface area contributed by atoms with E-state index in [2.05, 4.69) is 9.97 Å². The van der Waals surface area contributed by atoms with Gasteiger partial charge in [-0.05, 0) is 25.3 Å². The lowest BCUT2D eigenvalue weighted by Gasteiger charge is -2.10. The monoisotopic (exact) mass is 283 g/mol. The van der Waals surface area contributed by atoms with E-state index in [-0.39, 0.29) is 11.7 Å². The zero-order valence-corrected chi connectivity index (χ0v) is 11.7. The fourth-order valence-electron chi connectivity index (χ4n) is 3.08. The maximum absolute atomic E-state index is 12.7. The number of benzene rings is 1. The first kappa shape index (κ1) is 12.6. The number of nitrogens with zero attached hydrogens (tertiary/aromatic N) is 2. The van der Waals surface area contributed by atoms with Gasteiger partial charge in [0.05, 0.1) is 17.8 Å². The SMILES string of the molecule is O=c1c2c(ncn1CC[C@@H]1CCCO1)[nH]c1ccccc12. The van der Waals surface area contributed by atoms with E-state index in [9.17, 15) is 4.79 Å². The van der Waals surface area contributed by atoms with Gasteiger partial charge < -0.3 is 9.72 Å². The first-order chi connectivity index (χ1) is 10.3. The lowest BCUT2D eigenvalue weighted by molar-refractivity contribution is 0.100. The number of H-pyrrole nitrogens is 1. The van der Waals surface area contributed by atoms with Gasteiger partial charge in [0.15, 0.2) is 0 Å². The van der Waals surface area contributed by atoms with Gasteiger partial charge in [0, 0.05) is 24.1 Å². The van der Waals surface area contributed by atoms with E-state index in [1.54, 1.807) is 10.9 Å². The number of nitrogens with one attached hydrogen (secondary N) is 1. The molecule has 1 N–H and O–H groups in total. The Kier molecular flexibility index (Phi) is 3.00. The van der Waals surface area contributed by atoms with Crippen LogP contribution in [0.4, 0.5) is 0 Å². The summed E-state index contributed by atoms with van der Waals surface area (Å²) in [6.45, 7) is 1.51. The third-order valence-electron chi connectivity index (χ3n) is 4.20. The number of ether oxygens (including phenoxy) is 1. The Balaban J connectivity index is 1.74. The summed E-state index contributed by atoms with van der Waals surface area (Å²) in [7, 11) is 0. The molecular formula is C16H17N3O2. The second-order valence-electron chi connectivity index (χ2n) is 5.56. The van der Waals surface area contributed by atoms with Crippen LogP contribution in [-0.2, 0) is 11.3 Å². The molecule has 108 valence electrons. The maximum Gasteiger partial charge on any atom is 0.263 e. The summed E-state index contributed by atoms with van der Waals surface area (Å²) in [5, 5.41) is 1.62. The number of para-hydroxylation sites is 1. The van der Waals surface area contributed by atoms with E-state index in [0.29, 0.717) is 17.6 Å². The average molecular weight is 283 g/mol. The van der Waals surface area contributed by atoms with Gasteiger partial charge in [-0.2, -0.15) is 0 Å². The molecule has 3 aromatic rings. The number of aromatic nitrogens is 3. The Morgan fingerprint density at radius 3 is 3.14 bits per heavy atom.